The number of allylic oxidation sites excluding steroid dienone is 1. The minimum absolute atomic E-state index is 0.0346. The van der Waals surface area contributed by atoms with Crippen LogP contribution in [0.15, 0.2) is 92.7 Å². The van der Waals surface area contributed by atoms with Crippen molar-refractivity contribution in [3.05, 3.63) is 120 Å². The lowest BCUT2D eigenvalue weighted by molar-refractivity contribution is -0.138. The summed E-state index contributed by atoms with van der Waals surface area (Å²) in [5, 5.41) is 0.794. The van der Waals surface area contributed by atoms with Crippen LogP contribution in [0.2, 0.25) is 10.0 Å². The topological polar surface area (TPSA) is 83.0 Å². The highest BCUT2D eigenvalue weighted by Gasteiger charge is 2.33. The highest BCUT2D eigenvalue weighted by Crippen LogP contribution is 2.35. The molecule has 1 aliphatic heterocycles. The van der Waals surface area contributed by atoms with E-state index in [0.29, 0.717) is 53.5 Å². The number of halogens is 2. The van der Waals surface area contributed by atoms with E-state index in [4.69, 9.17) is 37.1 Å². The van der Waals surface area contributed by atoms with Crippen molar-refractivity contribution in [2.24, 2.45) is 4.99 Å². The predicted molar refractivity (Wildman–Crippen MR) is 152 cm³/mol. The summed E-state index contributed by atoms with van der Waals surface area (Å²) in [6.07, 6.45) is 3.13. The predicted octanol–water partition coefficient (Wildman–Crippen LogP) is 5.54. The average molecular weight is 581 g/mol. The van der Waals surface area contributed by atoms with Crippen LogP contribution >= 0.6 is 34.5 Å². The molecule has 0 unspecified atom stereocenters. The van der Waals surface area contributed by atoms with Gasteiger partial charge in [-0.05, 0) is 48.9 Å². The van der Waals surface area contributed by atoms with Crippen LogP contribution in [0, 0.1) is 0 Å². The summed E-state index contributed by atoms with van der Waals surface area (Å²) in [7, 11) is 1.57. The van der Waals surface area contributed by atoms with Gasteiger partial charge in [0.1, 0.15) is 23.9 Å². The molecule has 2 aromatic heterocycles. The zero-order chi connectivity index (χ0) is 27.7. The highest BCUT2D eigenvalue weighted by molar-refractivity contribution is 7.07. The van der Waals surface area contributed by atoms with E-state index in [9.17, 15) is 9.59 Å². The number of methoxy groups -OCH3 is 1. The number of esters is 1. The second-order valence-electron chi connectivity index (χ2n) is 8.55. The molecule has 0 fully saturated rings. The monoisotopic (exact) mass is 580 g/mol. The second kappa shape index (κ2) is 11.1. The van der Waals surface area contributed by atoms with Gasteiger partial charge in [-0.15, -0.1) is 0 Å². The first-order chi connectivity index (χ1) is 18.8. The standard InChI is InChI=1S/C29H22Cl2N2O5S/c1-4-14-37-28(35)24-16(2)32-29-33(26(24)17-8-10-18(36-3)11-9-17)27(34)23(39-29)15-19-12-13-22(38-19)20-6-5-7-21(30)25(20)31/h4-13,15,26H,1,14H2,2-3H3/b23-15+/t26-/m0/s1. The SMILES string of the molecule is C=CCOC(=O)C1=C(C)N=c2s/c(=C/c3ccc(-c4cccc(Cl)c4Cl)o3)c(=O)n2[C@H]1c1ccc(OC)cc1. The Hall–Kier alpha value is -3.85. The van der Waals surface area contributed by atoms with Gasteiger partial charge in [0, 0.05) is 11.6 Å². The van der Waals surface area contributed by atoms with Gasteiger partial charge < -0.3 is 13.9 Å². The van der Waals surface area contributed by atoms with Gasteiger partial charge in [-0.1, -0.05) is 65.4 Å². The highest BCUT2D eigenvalue weighted by atomic mass is 35.5. The average Bonchev–Trinajstić information content (AvgIpc) is 3.52. The van der Waals surface area contributed by atoms with Gasteiger partial charge in [-0.25, -0.2) is 9.79 Å². The van der Waals surface area contributed by atoms with Crippen molar-refractivity contribution in [1.82, 2.24) is 4.57 Å². The van der Waals surface area contributed by atoms with Gasteiger partial charge in [0.05, 0.1) is 39.0 Å². The van der Waals surface area contributed by atoms with Gasteiger partial charge in [0.15, 0.2) is 4.80 Å². The quantitative estimate of drug-likeness (QED) is 0.212. The Labute approximate surface area is 237 Å². The van der Waals surface area contributed by atoms with E-state index < -0.39 is 12.0 Å². The van der Waals surface area contributed by atoms with E-state index in [1.54, 1.807) is 62.6 Å². The smallest absolute Gasteiger partial charge is 0.338 e. The molecular formula is C29H22Cl2N2O5S. The summed E-state index contributed by atoms with van der Waals surface area (Å²) < 4.78 is 18.5. The molecule has 7 nitrogen and oxygen atoms in total. The fraction of sp³-hybridized carbons (Fsp3) is 0.138. The van der Waals surface area contributed by atoms with E-state index in [1.165, 1.54) is 22.0 Å². The van der Waals surface area contributed by atoms with Crippen LogP contribution < -0.4 is 19.6 Å². The first-order valence-corrected chi connectivity index (χ1v) is 13.4. The van der Waals surface area contributed by atoms with Crippen molar-refractivity contribution >= 4 is 46.6 Å². The van der Waals surface area contributed by atoms with Crippen molar-refractivity contribution < 1.29 is 18.7 Å². The summed E-state index contributed by atoms with van der Waals surface area (Å²) in [6, 6.07) is 15.2. The van der Waals surface area contributed by atoms with Crippen LogP contribution in [0.25, 0.3) is 17.4 Å². The molecule has 5 rings (SSSR count). The Kier molecular flexibility index (Phi) is 7.61. The summed E-state index contributed by atoms with van der Waals surface area (Å²) in [5.41, 5.74) is 1.77. The molecule has 0 saturated heterocycles. The van der Waals surface area contributed by atoms with E-state index >= 15 is 0 Å². The molecule has 1 atom stereocenters. The summed E-state index contributed by atoms with van der Waals surface area (Å²) in [4.78, 5) is 31.9. The van der Waals surface area contributed by atoms with Gasteiger partial charge in [-0.2, -0.15) is 0 Å². The van der Waals surface area contributed by atoms with Gasteiger partial charge in [0.25, 0.3) is 5.56 Å². The lowest BCUT2D eigenvalue weighted by atomic mass is 9.96. The summed E-state index contributed by atoms with van der Waals surface area (Å²) in [6.45, 7) is 5.37. The van der Waals surface area contributed by atoms with Crippen LogP contribution in [0.4, 0.5) is 0 Å². The number of carbonyl (C=O) groups excluding carboxylic acids is 1. The largest absolute Gasteiger partial charge is 0.497 e. The molecule has 10 heteroatoms. The third kappa shape index (κ3) is 5.11. The molecule has 2 aromatic carbocycles. The van der Waals surface area contributed by atoms with E-state index in [1.807, 2.05) is 12.1 Å². The minimum atomic E-state index is -0.746. The number of thiazole rings is 1. The van der Waals surface area contributed by atoms with Crippen LogP contribution in [0.3, 0.4) is 0 Å². The van der Waals surface area contributed by atoms with E-state index in [2.05, 4.69) is 11.6 Å². The number of hydrogen-bond acceptors (Lipinski definition) is 7. The molecule has 0 aliphatic carbocycles. The zero-order valence-electron chi connectivity index (χ0n) is 20.9. The molecule has 198 valence electrons. The maximum absolute atomic E-state index is 13.8. The van der Waals surface area contributed by atoms with Gasteiger partial charge in [-0.3, -0.25) is 9.36 Å². The third-order valence-electron chi connectivity index (χ3n) is 6.12. The van der Waals surface area contributed by atoms with E-state index in [-0.39, 0.29) is 17.7 Å². The van der Waals surface area contributed by atoms with Gasteiger partial charge in [0.2, 0.25) is 0 Å². The molecule has 0 bridgehead atoms. The minimum Gasteiger partial charge on any atom is -0.497 e. The number of furan rings is 1. The van der Waals surface area contributed by atoms with Crippen LogP contribution in [0.5, 0.6) is 5.75 Å². The number of nitrogens with zero attached hydrogens (tertiary/aromatic N) is 2. The Morgan fingerprint density at radius 3 is 2.67 bits per heavy atom. The molecule has 39 heavy (non-hydrogen) atoms. The van der Waals surface area contributed by atoms with Crippen LogP contribution in [0.1, 0.15) is 24.3 Å². The maximum atomic E-state index is 13.8. The van der Waals surface area contributed by atoms with Crippen molar-refractivity contribution in [1.29, 1.82) is 0 Å². The zero-order valence-corrected chi connectivity index (χ0v) is 23.3. The van der Waals surface area contributed by atoms with Crippen LogP contribution in [-0.2, 0) is 9.53 Å². The molecule has 0 amide bonds. The lowest BCUT2D eigenvalue weighted by Crippen LogP contribution is -2.39. The first kappa shape index (κ1) is 26.7. The number of ether oxygens (including phenoxy) is 2. The number of benzene rings is 2. The maximum Gasteiger partial charge on any atom is 0.338 e. The number of carbonyl (C=O) groups is 1. The molecular weight excluding hydrogens is 559 g/mol. The normalized spacial score (nSPS) is 15.1. The van der Waals surface area contributed by atoms with E-state index in [0.717, 1.165) is 0 Å². The molecule has 1 aliphatic rings. The fourth-order valence-electron chi connectivity index (χ4n) is 4.30. The second-order valence-corrected chi connectivity index (χ2v) is 10.3. The number of rotatable bonds is 7. The molecule has 0 radical (unpaired) electrons. The summed E-state index contributed by atoms with van der Waals surface area (Å²) >= 11 is 13.7. The Balaban J connectivity index is 1.63. The summed E-state index contributed by atoms with van der Waals surface area (Å²) in [5.74, 6) is 1.05. The fourth-order valence-corrected chi connectivity index (χ4v) is 5.72. The molecule has 4 aromatic rings. The Bertz CT molecular complexity index is 1800. The first-order valence-electron chi connectivity index (χ1n) is 11.8. The number of aromatic nitrogens is 1. The third-order valence-corrected chi connectivity index (χ3v) is 7.92. The van der Waals surface area contributed by atoms with Crippen molar-refractivity contribution in [3.63, 3.8) is 0 Å². The van der Waals surface area contributed by atoms with Crippen molar-refractivity contribution in [2.45, 2.75) is 13.0 Å². The van der Waals surface area contributed by atoms with Crippen molar-refractivity contribution in [3.8, 4) is 17.1 Å². The Morgan fingerprint density at radius 1 is 1.18 bits per heavy atom. The molecule has 3 heterocycles. The Morgan fingerprint density at radius 2 is 1.95 bits per heavy atom. The van der Waals surface area contributed by atoms with Crippen LogP contribution in [-0.4, -0.2) is 24.3 Å². The molecule has 0 saturated carbocycles. The van der Waals surface area contributed by atoms with Gasteiger partial charge >= 0.3 is 5.97 Å². The lowest BCUT2D eigenvalue weighted by Gasteiger charge is -2.24. The molecule has 0 N–H and O–H groups in total. The van der Waals surface area contributed by atoms with Crippen molar-refractivity contribution in [2.75, 3.05) is 13.7 Å². The molecule has 0 spiro atoms. The number of hydrogen-bond donors (Lipinski definition) is 0. The number of fused-ring (bicyclic) bond motifs is 1.